The summed E-state index contributed by atoms with van der Waals surface area (Å²) in [5, 5.41) is 5.29. The molecule has 2 aliphatic rings. The van der Waals surface area contributed by atoms with E-state index in [0.717, 1.165) is 53.3 Å². The average molecular weight is 526 g/mol. The Labute approximate surface area is 231 Å². The summed E-state index contributed by atoms with van der Waals surface area (Å²) in [5.74, 6) is -0.0740. The molecule has 0 unspecified atom stereocenters. The lowest BCUT2D eigenvalue weighted by atomic mass is 9.95. The summed E-state index contributed by atoms with van der Waals surface area (Å²) in [6.45, 7) is 2.94. The predicted molar refractivity (Wildman–Crippen MR) is 156 cm³/mol. The van der Waals surface area contributed by atoms with Gasteiger partial charge in [0.2, 0.25) is 11.8 Å². The quantitative estimate of drug-likeness (QED) is 0.340. The van der Waals surface area contributed by atoms with Gasteiger partial charge in [-0.15, -0.1) is 0 Å². The number of nitrogens with one attached hydrogen (secondary N) is 1. The highest BCUT2D eigenvalue weighted by Gasteiger charge is 2.32. The van der Waals surface area contributed by atoms with Crippen LogP contribution in [0.1, 0.15) is 74.2 Å². The number of amides is 3. The smallest absolute Gasteiger partial charge is 0.258 e. The lowest BCUT2D eigenvalue weighted by molar-refractivity contribution is -0.141. The molecule has 3 aromatic rings. The van der Waals surface area contributed by atoms with Crippen LogP contribution in [0.4, 0.5) is 5.69 Å². The number of anilines is 1. The molecule has 1 aliphatic heterocycles. The van der Waals surface area contributed by atoms with Crippen LogP contribution in [0.2, 0.25) is 0 Å². The third-order valence-corrected chi connectivity index (χ3v) is 8.24. The zero-order valence-electron chi connectivity index (χ0n) is 22.9. The van der Waals surface area contributed by atoms with Gasteiger partial charge in [0.15, 0.2) is 0 Å². The summed E-state index contributed by atoms with van der Waals surface area (Å²) in [6.07, 6.45) is 7.64. The Hall–Kier alpha value is -3.67. The normalized spacial score (nSPS) is 15.9. The van der Waals surface area contributed by atoms with E-state index in [0.29, 0.717) is 32.4 Å². The maximum Gasteiger partial charge on any atom is 0.258 e. The molecule has 3 aromatic carbocycles. The van der Waals surface area contributed by atoms with E-state index in [-0.39, 0.29) is 30.2 Å². The monoisotopic (exact) mass is 525 g/mol. The molecule has 0 aromatic heterocycles. The first-order valence-corrected chi connectivity index (χ1v) is 14.5. The van der Waals surface area contributed by atoms with Crippen LogP contribution in [0.5, 0.6) is 0 Å². The van der Waals surface area contributed by atoms with Crippen LogP contribution in [-0.4, -0.2) is 47.8 Å². The average Bonchev–Trinajstić information content (AvgIpc) is 3.24. The van der Waals surface area contributed by atoms with Crippen molar-refractivity contribution in [3.8, 4) is 0 Å². The van der Waals surface area contributed by atoms with E-state index in [1.807, 2.05) is 61.5 Å². The Morgan fingerprint density at radius 2 is 1.72 bits per heavy atom. The van der Waals surface area contributed by atoms with Crippen molar-refractivity contribution in [2.75, 3.05) is 18.0 Å². The summed E-state index contributed by atoms with van der Waals surface area (Å²) in [4.78, 5) is 43.8. The number of carbonyl (C=O) groups is 3. The van der Waals surface area contributed by atoms with Crippen molar-refractivity contribution >= 4 is 34.2 Å². The molecule has 1 heterocycles. The minimum Gasteiger partial charge on any atom is -0.352 e. The van der Waals surface area contributed by atoms with Crippen LogP contribution in [-0.2, 0) is 16.0 Å². The van der Waals surface area contributed by atoms with Crippen LogP contribution in [0.25, 0.3) is 10.8 Å². The molecule has 1 atom stereocenters. The summed E-state index contributed by atoms with van der Waals surface area (Å²) in [7, 11) is 0. The molecule has 5 rings (SSSR count). The number of hydrogen-bond acceptors (Lipinski definition) is 3. The molecule has 6 nitrogen and oxygen atoms in total. The van der Waals surface area contributed by atoms with Crippen LogP contribution < -0.4 is 10.2 Å². The van der Waals surface area contributed by atoms with Gasteiger partial charge >= 0.3 is 0 Å². The first-order valence-electron chi connectivity index (χ1n) is 14.5. The predicted octanol–water partition coefficient (Wildman–Crippen LogP) is 5.88. The van der Waals surface area contributed by atoms with Crippen LogP contribution in [0.15, 0.2) is 66.7 Å². The van der Waals surface area contributed by atoms with Crippen molar-refractivity contribution < 1.29 is 14.4 Å². The number of hydrogen-bond donors (Lipinski definition) is 1. The van der Waals surface area contributed by atoms with Gasteiger partial charge in [-0.2, -0.15) is 0 Å². The van der Waals surface area contributed by atoms with E-state index in [9.17, 15) is 14.4 Å². The Bertz CT molecular complexity index is 1310. The summed E-state index contributed by atoms with van der Waals surface area (Å²) in [5.41, 5.74) is 2.79. The minimum atomic E-state index is -0.491. The van der Waals surface area contributed by atoms with E-state index < -0.39 is 6.04 Å². The summed E-state index contributed by atoms with van der Waals surface area (Å²) < 4.78 is 0. The maximum atomic E-state index is 13.7. The molecule has 0 bridgehead atoms. The van der Waals surface area contributed by atoms with Crippen LogP contribution in [0.3, 0.4) is 0 Å². The molecule has 204 valence electrons. The molecule has 6 heteroatoms. The third kappa shape index (κ3) is 6.00. The van der Waals surface area contributed by atoms with Gasteiger partial charge < -0.3 is 15.1 Å². The number of nitrogens with zero attached hydrogens (tertiary/aromatic N) is 2. The highest BCUT2D eigenvalue weighted by Crippen LogP contribution is 2.37. The Kier molecular flexibility index (Phi) is 8.60. The van der Waals surface area contributed by atoms with Crippen molar-refractivity contribution in [1.29, 1.82) is 0 Å². The standard InChI is InChI=1S/C33H39N3O3/c1-2-28(32(38)34-26-16-7-4-8-17-26)35(23-21-24-12-5-3-6-13-24)30(37)20-11-22-36-29-19-10-15-25-14-9-18-27(31(25)29)33(36)39/h3,5-6,9-10,12-15,18-19,26,28H,2,4,7-8,11,16-17,20-23H2,1H3,(H,34,38)/t28-/m0/s1. The SMILES string of the molecule is CC[C@@H](C(=O)NC1CCCCC1)N(CCc1ccccc1)C(=O)CCCN1C(=O)c2cccc3cccc1c23. The van der Waals surface area contributed by atoms with Crippen molar-refractivity contribution in [2.24, 2.45) is 0 Å². The second-order valence-electron chi connectivity index (χ2n) is 10.8. The molecule has 1 aliphatic carbocycles. The fourth-order valence-corrected chi connectivity index (χ4v) is 6.17. The minimum absolute atomic E-state index is 0.00604. The van der Waals surface area contributed by atoms with E-state index in [2.05, 4.69) is 17.4 Å². The van der Waals surface area contributed by atoms with Crippen LogP contribution in [0, 0.1) is 0 Å². The van der Waals surface area contributed by atoms with Gasteiger partial charge in [0.05, 0.1) is 5.69 Å². The van der Waals surface area contributed by atoms with E-state index in [4.69, 9.17) is 0 Å². The molecule has 0 saturated heterocycles. The van der Waals surface area contributed by atoms with Gasteiger partial charge in [-0.3, -0.25) is 14.4 Å². The van der Waals surface area contributed by atoms with Gasteiger partial charge in [-0.1, -0.05) is 80.8 Å². The number of carbonyl (C=O) groups excluding carboxylic acids is 3. The zero-order valence-corrected chi connectivity index (χ0v) is 22.9. The lowest BCUT2D eigenvalue weighted by Gasteiger charge is -2.33. The molecular formula is C33H39N3O3. The summed E-state index contributed by atoms with van der Waals surface area (Å²) >= 11 is 0. The molecule has 0 radical (unpaired) electrons. The Balaban J connectivity index is 1.26. The van der Waals surface area contributed by atoms with Gasteiger partial charge in [0.1, 0.15) is 6.04 Å². The molecule has 3 amide bonds. The summed E-state index contributed by atoms with van der Waals surface area (Å²) in [6, 6.07) is 21.6. The van der Waals surface area contributed by atoms with Gasteiger partial charge in [0, 0.05) is 36.5 Å². The highest BCUT2D eigenvalue weighted by molar-refractivity contribution is 6.25. The lowest BCUT2D eigenvalue weighted by Crippen LogP contribution is -2.52. The fraction of sp³-hybridized carbons (Fsp3) is 0.424. The molecule has 39 heavy (non-hydrogen) atoms. The van der Waals surface area contributed by atoms with Crippen molar-refractivity contribution in [2.45, 2.75) is 76.8 Å². The van der Waals surface area contributed by atoms with Crippen molar-refractivity contribution in [3.63, 3.8) is 0 Å². The van der Waals surface area contributed by atoms with Crippen molar-refractivity contribution in [3.05, 3.63) is 77.9 Å². The first kappa shape index (κ1) is 26.9. The third-order valence-electron chi connectivity index (χ3n) is 8.24. The Morgan fingerprint density at radius 1 is 0.974 bits per heavy atom. The molecule has 1 saturated carbocycles. The van der Waals surface area contributed by atoms with E-state index in [1.54, 1.807) is 9.80 Å². The molecule has 1 N–H and O–H groups in total. The number of benzene rings is 3. The second-order valence-corrected chi connectivity index (χ2v) is 10.8. The second kappa shape index (κ2) is 12.5. The molecule has 1 fully saturated rings. The van der Waals surface area contributed by atoms with E-state index in [1.165, 1.54) is 6.42 Å². The maximum absolute atomic E-state index is 13.7. The number of rotatable bonds is 11. The first-order chi connectivity index (χ1) is 19.1. The van der Waals surface area contributed by atoms with Gasteiger partial charge in [-0.05, 0) is 55.2 Å². The highest BCUT2D eigenvalue weighted by atomic mass is 16.2. The zero-order chi connectivity index (χ0) is 27.2. The van der Waals surface area contributed by atoms with Crippen LogP contribution >= 0.6 is 0 Å². The molecular weight excluding hydrogens is 486 g/mol. The van der Waals surface area contributed by atoms with Gasteiger partial charge in [-0.25, -0.2) is 0 Å². The topological polar surface area (TPSA) is 69.7 Å². The largest absolute Gasteiger partial charge is 0.352 e. The fourth-order valence-electron chi connectivity index (χ4n) is 6.17. The van der Waals surface area contributed by atoms with Crippen molar-refractivity contribution in [1.82, 2.24) is 10.2 Å². The van der Waals surface area contributed by atoms with Gasteiger partial charge in [0.25, 0.3) is 5.91 Å². The molecule has 0 spiro atoms. The van der Waals surface area contributed by atoms with E-state index >= 15 is 0 Å². The Morgan fingerprint density at radius 3 is 2.46 bits per heavy atom.